The Labute approximate surface area is 142 Å². The largest absolute Gasteiger partial charge is 0.346 e. The van der Waals surface area contributed by atoms with E-state index in [0.717, 1.165) is 31.4 Å². The first-order valence-corrected chi connectivity index (χ1v) is 8.08. The first kappa shape index (κ1) is 15.4. The minimum absolute atomic E-state index is 0.140. The summed E-state index contributed by atoms with van der Waals surface area (Å²) in [6.07, 6.45) is 5.94. The molecule has 4 rings (SSSR count). The molecule has 0 spiro atoms. The van der Waals surface area contributed by atoms with Gasteiger partial charge in [-0.1, -0.05) is 11.6 Å². The van der Waals surface area contributed by atoms with Crippen molar-refractivity contribution in [2.75, 3.05) is 0 Å². The van der Waals surface area contributed by atoms with Crippen LogP contribution in [-0.4, -0.2) is 41.2 Å². The fourth-order valence-corrected chi connectivity index (χ4v) is 2.83. The van der Waals surface area contributed by atoms with Gasteiger partial charge < -0.3 is 9.84 Å². The Morgan fingerprint density at radius 3 is 3.24 bits per heavy atom. The third kappa shape index (κ3) is 3.23. The standard InChI is InChI=1S/C15H16N8O2/c24-15(11-5-1-2-7-23-14(11)19-21-22-23)17-9-12-18-13(20-25-12)10-4-3-6-16-8-10/h3-4,6,8,11H,1-2,5,7,9H2,(H,17,24)/t11-/m1/s1. The number of fused-ring (bicyclic) bond motifs is 1. The number of aromatic nitrogens is 7. The monoisotopic (exact) mass is 340 g/mol. The van der Waals surface area contributed by atoms with E-state index in [0.29, 0.717) is 17.5 Å². The van der Waals surface area contributed by atoms with Gasteiger partial charge in [-0.15, -0.1) is 5.10 Å². The molecule has 4 heterocycles. The lowest BCUT2D eigenvalue weighted by atomic mass is 10.0. The van der Waals surface area contributed by atoms with Gasteiger partial charge in [-0.3, -0.25) is 9.78 Å². The van der Waals surface area contributed by atoms with Crippen LogP contribution in [0.4, 0.5) is 0 Å². The van der Waals surface area contributed by atoms with E-state index in [9.17, 15) is 4.79 Å². The van der Waals surface area contributed by atoms with Gasteiger partial charge in [-0.2, -0.15) is 4.98 Å². The second-order valence-electron chi connectivity index (χ2n) is 5.78. The van der Waals surface area contributed by atoms with Gasteiger partial charge >= 0.3 is 0 Å². The lowest BCUT2D eigenvalue weighted by Gasteiger charge is -2.12. The molecular weight excluding hydrogens is 324 g/mol. The van der Waals surface area contributed by atoms with Crippen molar-refractivity contribution in [2.24, 2.45) is 0 Å². The molecule has 1 atom stereocenters. The highest BCUT2D eigenvalue weighted by Gasteiger charge is 2.28. The lowest BCUT2D eigenvalue weighted by Crippen LogP contribution is -2.30. The summed E-state index contributed by atoms with van der Waals surface area (Å²) in [5.74, 6) is 0.880. The quantitative estimate of drug-likeness (QED) is 0.736. The number of carbonyl (C=O) groups excluding carboxylic acids is 1. The maximum atomic E-state index is 12.5. The van der Waals surface area contributed by atoms with E-state index >= 15 is 0 Å². The van der Waals surface area contributed by atoms with Crippen molar-refractivity contribution in [3.05, 3.63) is 36.2 Å². The number of pyridine rings is 1. The maximum Gasteiger partial charge on any atom is 0.246 e. The van der Waals surface area contributed by atoms with E-state index < -0.39 is 0 Å². The van der Waals surface area contributed by atoms with Gasteiger partial charge in [0.05, 0.1) is 12.5 Å². The number of hydrogen-bond donors (Lipinski definition) is 1. The van der Waals surface area contributed by atoms with Crippen molar-refractivity contribution < 1.29 is 9.32 Å². The molecular formula is C15H16N8O2. The molecule has 0 radical (unpaired) electrons. The van der Waals surface area contributed by atoms with Crippen LogP contribution in [0.25, 0.3) is 11.4 Å². The fraction of sp³-hybridized carbons (Fsp3) is 0.400. The van der Waals surface area contributed by atoms with Crippen LogP contribution in [0.1, 0.15) is 36.9 Å². The molecule has 128 valence electrons. The number of tetrazole rings is 1. The zero-order valence-corrected chi connectivity index (χ0v) is 13.4. The van der Waals surface area contributed by atoms with Gasteiger partial charge in [0.2, 0.25) is 17.6 Å². The van der Waals surface area contributed by atoms with Crippen LogP contribution in [-0.2, 0) is 17.9 Å². The zero-order chi connectivity index (χ0) is 17.1. The number of carbonyl (C=O) groups is 1. The third-order valence-corrected chi connectivity index (χ3v) is 4.10. The van der Waals surface area contributed by atoms with Gasteiger partial charge in [-0.05, 0) is 35.4 Å². The van der Waals surface area contributed by atoms with E-state index in [1.807, 2.05) is 6.07 Å². The Morgan fingerprint density at radius 2 is 2.36 bits per heavy atom. The molecule has 1 aliphatic heterocycles. The molecule has 1 amide bonds. The first-order valence-electron chi connectivity index (χ1n) is 8.08. The Morgan fingerprint density at radius 1 is 1.40 bits per heavy atom. The summed E-state index contributed by atoms with van der Waals surface area (Å²) >= 11 is 0. The Kier molecular flexibility index (Phi) is 4.15. The Hall–Kier alpha value is -3.17. The predicted octanol–water partition coefficient (Wildman–Crippen LogP) is 0.702. The number of nitrogens with zero attached hydrogens (tertiary/aromatic N) is 7. The minimum atomic E-state index is -0.363. The van der Waals surface area contributed by atoms with Gasteiger partial charge in [0.15, 0.2) is 5.82 Å². The highest BCUT2D eigenvalue weighted by Crippen LogP contribution is 2.24. The van der Waals surface area contributed by atoms with Crippen LogP contribution >= 0.6 is 0 Å². The highest BCUT2D eigenvalue weighted by atomic mass is 16.5. The molecule has 0 bridgehead atoms. The zero-order valence-electron chi connectivity index (χ0n) is 13.4. The first-order chi connectivity index (χ1) is 12.3. The summed E-state index contributed by atoms with van der Waals surface area (Å²) < 4.78 is 6.89. The molecule has 0 unspecified atom stereocenters. The Balaban J connectivity index is 1.42. The second kappa shape index (κ2) is 6.75. The molecule has 3 aromatic rings. The maximum absolute atomic E-state index is 12.5. The van der Waals surface area contributed by atoms with Gasteiger partial charge in [0.25, 0.3) is 0 Å². The topological polar surface area (TPSA) is 125 Å². The van der Waals surface area contributed by atoms with Crippen molar-refractivity contribution in [3.63, 3.8) is 0 Å². The molecule has 0 saturated heterocycles. The van der Waals surface area contributed by atoms with Crippen LogP contribution < -0.4 is 5.32 Å². The summed E-state index contributed by atoms with van der Waals surface area (Å²) in [6.45, 7) is 0.897. The molecule has 1 aliphatic rings. The lowest BCUT2D eigenvalue weighted by molar-refractivity contribution is -0.123. The second-order valence-corrected chi connectivity index (χ2v) is 5.78. The van der Waals surface area contributed by atoms with Crippen LogP contribution in [0.5, 0.6) is 0 Å². The van der Waals surface area contributed by atoms with Gasteiger partial charge in [-0.25, -0.2) is 4.68 Å². The molecule has 0 aromatic carbocycles. The van der Waals surface area contributed by atoms with E-state index in [-0.39, 0.29) is 18.4 Å². The number of hydrogen-bond acceptors (Lipinski definition) is 8. The molecule has 1 N–H and O–H groups in total. The average Bonchev–Trinajstić information content (AvgIpc) is 3.26. The van der Waals surface area contributed by atoms with Crippen molar-refractivity contribution in [1.82, 2.24) is 40.6 Å². The smallest absolute Gasteiger partial charge is 0.246 e. The van der Waals surface area contributed by atoms with Crippen LogP contribution in [0.3, 0.4) is 0 Å². The molecule has 25 heavy (non-hydrogen) atoms. The van der Waals surface area contributed by atoms with Crippen LogP contribution in [0.2, 0.25) is 0 Å². The fourth-order valence-electron chi connectivity index (χ4n) is 2.83. The molecule has 10 heteroatoms. The molecule has 0 saturated carbocycles. The molecule has 10 nitrogen and oxygen atoms in total. The van der Waals surface area contributed by atoms with Crippen molar-refractivity contribution >= 4 is 5.91 Å². The SMILES string of the molecule is O=C(NCc1nc(-c2cccnc2)no1)[C@@H]1CCCCn2nnnc21. The highest BCUT2D eigenvalue weighted by molar-refractivity contribution is 5.82. The van der Waals surface area contributed by atoms with Crippen molar-refractivity contribution in [3.8, 4) is 11.4 Å². The molecule has 0 aliphatic carbocycles. The van der Waals surface area contributed by atoms with Crippen molar-refractivity contribution in [1.29, 1.82) is 0 Å². The number of aryl methyl sites for hydroxylation is 1. The van der Waals surface area contributed by atoms with Crippen molar-refractivity contribution in [2.45, 2.75) is 38.3 Å². The normalized spacial score (nSPS) is 16.9. The minimum Gasteiger partial charge on any atom is -0.346 e. The molecule has 3 aromatic heterocycles. The summed E-state index contributed by atoms with van der Waals surface area (Å²) in [7, 11) is 0. The Bertz CT molecular complexity index is 859. The number of nitrogens with one attached hydrogen (secondary N) is 1. The average molecular weight is 340 g/mol. The summed E-state index contributed by atoms with van der Waals surface area (Å²) in [4.78, 5) is 20.8. The number of amides is 1. The predicted molar refractivity (Wildman–Crippen MR) is 83.8 cm³/mol. The third-order valence-electron chi connectivity index (χ3n) is 4.10. The summed E-state index contributed by atoms with van der Waals surface area (Å²) in [5, 5.41) is 18.3. The van der Waals surface area contributed by atoms with Gasteiger partial charge in [0.1, 0.15) is 0 Å². The van der Waals surface area contributed by atoms with Crippen LogP contribution in [0.15, 0.2) is 29.0 Å². The van der Waals surface area contributed by atoms with Gasteiger partial charge in [0, 0.05) is 24.5 Å². The van der Waals surface area contributed by atoms with Crippen LogP contribution in [0, 0.1) is 0 Å². The van der Waals surface area contributed by atoms with E-state index in [4.69, 9.17) is 4.52 Å². The number of rotatable bonds is 4. The van der Waals surface area contributed by atoms with E-state index in [2.05, 4.69) is 36.0 Å². The summed E-state index contributed by atoms with van der Waals surface area (Å²) in [5.41, 5.74) is 0.756. The molecule has 0 fully saturated rings. The van der Waals surface area contributed by atoms with E-state index in [1.165, 1.54) is 0 Å². The van der Waals surface area contributed by atoms with E-state index in [1.54, 1.807) is 23.1 Å². The summed E-state index contributed by atoms with van der Waals surface area (Å²) in [6, 6.07) is 3.63.